The summed E-state index contributed by atoms with van der Waals surface area (Å²) >= 11 is 5.56. The summed E-state index contributed by atoms with van der Waals surface area (Å²) in [5.74, 6) is -1.03. The summed E-state index contributed by atoms with van der Waals surface area (Å²) in [7, 11) is -8.23. The lowest BCUT2D eigenvalue weighted by Gasteiger charge is -2.10. The molecule has 2 aromatic rings. The first kappa shape index (κ1) is 16.7. The molecule has 0 spiro atoms. The summed E-state index contributed by atoms with van der Waals surface area (Å²) in [6, 6.07) is 7.92. The van der Waals surface area contributed by atoms with E-state index in [4.69, 9.17) is 16.7 Å². The predicted molar refractivity (Wildman–Crippen MR) is 80.0 cm³/mol. The standard InChI is InChI=1S/C12H10ClFN2O4S2/c13-8-4-5-12(11(14)6-8)22(19,20)16-9-2-1-3-10(7-9)21(15,17)18/h1-7,16H,(H2,15,17,18). The van der Waals surface area contributed by atoms with Gasteiger partial charge in [0.2, 0.25) is 10.0 Å². The van der Waals surface area contributed by atoms with Crippen LogP contribution in [0.5, 0.6) is 0 Å². The van der Waals surface area contributed by atoms with E-state index in [1.165, 1.54) is 24.3 Å². The monoisotopic (exact) mass is 364 g/mol. The van der Waals surface area contributed by atoms with Gasteiger partial charge in [0, 0.05) is 5.02 Å². The number of sulfonamides is 2. The molecule has 118 valence electrons. The first-order chi connectivity index (χ1) is 10.1. The molecule has 22 heavy (non-hydrogen) atoms. The highest BCUT2D eigenvalue weighted by Gasteiger charge is 2.20. The summed E-state index contributed by atoms with van der Waals surface area (Å²) in [5.41, 5.74) is -0.0686. The minimum atomic E-state index is -4.24. The van der Waals surface area contributed by atoms with E-state index in [-0.39, 0.29) is 15.6 Å². The zero-order valence-corrected chi connectivity index (χ0v) is 13.2. The fourth-order valence-electron chi connectivity index (χ4n) is 1.64. The number of nitrogens with two attached hydrogens (primary N) is 1. The molecule has 0 saturated carbocycles. The molecule has 0 aliphatic rings. The van der Waals surface area contributed by atoms with Gasteiger partial charge in [-0.3, -0.25) is 4.72 Å². The second-order valence-corrected chi connectivity index (χ2v) is 7.90. The molecule has 6 nitrogen and oxygen atoms in total. The van der Waals surface area contributed by atoms with Crippen molar-refractivity contribution in [2.75, 3.05) is 4.72 Å². The fourth-order valence-corrected chi connectivity index (χ4v) is 3.47. The van der Waals surface area contributed by atoms with Gasteiger partial charge in [0.1, 0.15) is 10.7 Å². The molecule has 0 saturated heterocycles. The van der Waals surface area contributed by atoms with Crippen LogP contribution in [-0.4, -0.2) is 16.8 Å². The van der Waals surface area contributed by atoms with Gasteiger partial charge in [-0.25, -0.2) is 26.4 Å². The first-order valence-corrected chi connectivity index (χ1v) is 9.11. The molecule has 0 bridgehead atoms. The zero-order valence-electron chi connectivity index (χ0n) is 10.8. The molecule has 0 aromatic heterocycles. The minimum absolute atomic E-state index is 0.0488. The number of benzene rings is 2. The van der Waals surface area contributed by atoms with Crippen molar-refractivity contribution < 1.29 is 21.2 Å². The molecular formula is C12H10ClFN2O4S2. The third-order valence-corrected chi connectivity index (χ3v) is 5.16. The molecule has 2 rings (SSSR count). The van der Waals surface area contributed by atoms with E-state index in [0.717, 1.165) is 18.2 Å². The van der Waals surface area contributed by atoms with Gasteiger partial charge in [-0.1, -0.05) is 17.7 Å². The highest BCUT2D eigenvalue weighted by atomic mass is 35.5. The number of nitrogens with one attached hydrogen (secondary N) is 1. The number of primary sulfonamides is 1. The van der Waals surface area contributed by atoms with Crippen molar-refractivity contribution in [2.24, 2.45) is 5.14 Å². The van der Waals surface area contributed by atoms with Crippen LogP contribution < -0.4 is 9.86 Å². The maximum absolute atomic E-state index is 13.7. The normalized spacial score (nSPS) is 12.1. The van der Waals surface area contributed by atoms with E-state index < -0.39 is 30.8 Å². The summed E-state index contributed by atoms with van der Waals surface area (Å²) in [4.78, 5) is -0.887. The lowest BCUT2D eigenvalue weighted by Crippen LogP contribution is -2.16. The van der Waals surface area contributed by atoms with Gasteiger partial charge in [0.05, 0.1) is 10.6 Å². The molecule has 3 N–H and O–H groups in total. The Kier molecular flexibility index (Phi) is 4.43. The van der Waals surface area contributed by atoms with E-state index in [9.17, 15) is 21.2 Å². The summed E-state index contributed by atoms with van der Waals surface area (Å²) in [5, 5.41) is 5.01. The highest BCUT2D eigenvalue weighted by Crippen LogP contribution is 2.22. The quantitative estimate of drug-likeness (QED) is 0.864. The Morgan fingerprint density at radius 3 is 2.32 bits per heavy atom. The van der Waals surface area contributed by atoms with Crippen molar-refractivity contribution in [2.45, 2.75) is 9.79 Å². The maximum Gasteiger partial charge on any atom is 0.264 e. The average molecular weight is 365 g/mol. The lowest BCUT2D eigenvalue weighted by molar-refractivity contribution is 0.570. The topological polar surface area (TPSA) is 106 Å². The lowest BCUT2D eigenvalue weighted by atomic mass is 10.3. The van der Waals surface area contributed by atoms with Crippen molar-refractivity contribution in [3.63, 3.8) is 0 Å². The van der Waals surface area contributed by atoms with Gasteiger partial charge in [-0.15, -0.1) is 0 Å². The number of hydrogen-bond donors (Lipinski definition) is 2. The van der Waals surface area contributed by atoms with Gasteiger partial charge >= 0.3 is 0 Å². The van der Waals surface area contributed by atoms with Crippen LogP contribution in [-0.2, 0) is 20.0 Å². The second-order valence-electron chi connectivity index (χ2n) is 4.25. The van der Waals surface area contributed by atoms with Crippen molar-refractivity contribution in [3.05, 3.63) is 53.3 Å². The van der Waals surface area contributed by atoms with Crippen LogP contribution in [0.3, 0.4) is 0 Å². The molecule has 0 radical (unpaired) electrons. The average Bonchev–Trinajstić information content (AvgIpc) is 2.36. The van der Waals surface area contributed by atoms with Crippen molar-refractivity contribution in [1.82, 2.24) is 0 Å². The summed E-state index contributed by atoms with van der Waals surface area (Å²) in [6.45, 7) is 0. The Morgan fingerprint density at radius 2 is 1.73 bits per heavy atom. The van der Waals surface area contributed by atoms with Gasteiger partial charge in [-0.2, -0.15) is 0 Å². The van der Waals surface area contributed by atoms with Gasteiger partial charge in [-0.05, 0) is 36.4 Å². The molecule has 0 atom stereocenters. The van der Waals surface area contributed by atoms with Crippen molar-refractivity contribution in [3.8, 4) is 0 Å². The van der Waals surface area contributed by atoms with Crippen LogP contribution in [0, 0.1) is 5.82 Å². The highest BCUT2D eigenvalue weighted by molar-refractivity contribution is 7.92. The Balaban J connectivity index is 2.41. The summed E-state index contributed by atoms with van der Waals surface area (Å²) in [6.07, 6.45) is 0. The minimum Gasteiger partial charge on any atom is -0.280 e. The third-order valence-electron chi connectivity index (χ3n) is 2.60. The van der Waals surface area contributed by atoms with Gasteiger partial charge in [0.15, 0.2) is 0 Å². The molecule has 0 unspecified atom stereocenters. The van der Waals surface area contributed by atoms with Crippen molar-refractivity contribution >= 4 is 37.3 Å². The Hall–Kier alpha value is -1.68. The van der Waals surface area contributed by atoms with E-state index in [2.05, 4.69) is 4.72 Å². The van der Waals surface area contributed by atoms with Crippen LogP contribution in [0.4, 0.5) is 10.1 Å². The van der Waals surface area contributed by atoms with Crippen LogP contribution >= 0.6 is 11.6 Å². The molecule has 0 fully saturated rings. The molecule has 0 aliphatic carbocycles. The van der Waals surface area contributed by atoms with Crippen LogP contribution in [0.25, 0.3) is 0 Å². The van der Waals surface area contributed by atoms with E-state index in [0.29, 0.717) is 0 Å². The molecule has 0 amide bonds. The Bertz CT molecular complexity index is 930. The van der Waals surface area contributed by atoms with E-state index in [1.54, 1.807) is 0 Å². The van der Waals surface area contributed by atoms with Crippen LogP contribution in [0.2, 0.25) is 5.02 Å². The molecule has 0 heterocycles. The first-order valence-electron chi connectivity index (χ1n) is 5.70. The SMILES string of the molecule is NS(=O)(=O)c1cccc(NS(=O)(=O)c2ccc(Cl)cc2F)c1. The Labute approximate surface area is 131 Å². The summed E-state index contributed by atoms with van der Waals surface area (Å²) < 4.78 is 62.5. The largest absolute Gasteiger partial charge is 0.280 e. The van der Waals surface area contributed by atoms with Crippen LogP contribution in [0.1, 0.15) is 0 Å². The Morgan fingerprint density at radius 1 is 1.05 bits per heavy atom. The second kappa shape index (κ2) is 5.84. The number of rotatable bonds is 4. The van der Waals surface area contributed by atoms with Crippen molar-refractivity contribution in [1.29, 1.82) is 0 Å². The molecule has 2 aromatic carbocycles. The molecule has 10 heteroatoms. The van der Waals surface area contributed by atoms with Crippen LogP contribution in [0.15, 0.2) is 52.3 Å². The molecule has 0 aliphatic heterocycles. The maximum atomic E-state index is 13.7. The predicted octanol–water partition coefficient (Wildman–Crippen LogP) is 1.93. The number of anilines is 1. The number of halogens is 2. The zero-order chi connectivity index (χ0) is 16.5. The third kappa shape index (κ3) is 3.74. The fraction of sp³-hybridized carbons (Fsp3) is 0. The smallest absolute Gasteiger partial charge is 0.264 e. The van der Waals surface area contributed by atoms with Gasteiger partial charge in [0.25, 0.3) is 10.0 Å². The van der Waals surface area contributed by atoms with E-state index >= 15 is 0 Å². The van der Waals surface area contributed by atoms with E-state index in [1.807, 2.05) is 0 Å². The molecular weight excluding hydrogens is 355 g/mol. The number of hydrogen-bond acceptors (Lipinski definition) is 4. The van der Waals surface area contributed by atoms with Gasteiger partial charge < -0.3 is 0 Å².